The molecule has 0 spiro atoms. The molecule has 0 heterocycles. The number of azo groups is 2. The number of ether oxygens (including phenoxy) is 2. The van der Waals surface area contributed by atoms with Crippen LogP contribution in [0.15, 0.2) is 164 Å². The average molecular weight is 1090 g/mol. The molecule has 4 N–H and O–H groups in total. The van der Waals surface area contributed by atoms with Crippen molar-refractivity contribution in [1.82, 2.24) is 0 Å². The molecule has 0 aromatic heterocycles. The SMILES string of the molecule is COc1ccc(NC(=O)c2cc3ccccc3c(N=Nc3cc(Cl)c(C)c(S(=O)(=O)O)c3)c2O)cc1.COc1ccc(NC(=O)c2cc3ccccc3c(N=Nc3cc(Cl)c(C)c(S(=O)(=O)[O-])c3)c2[O-])cc1.[Ca+2]. The Bertz CT molecular complexity index is 3490. The Balaban J connectivity index is 0.000000235. The molecule has 8 aromatic carbocycles. The number of fused-ring (bicyclic) bond motifs is 2. The maximum atomic E-state index is 13.3. The molecule has 8 aromatic rings. The number of methoxy groups -OCH3 is 2. The third-order valence-electron chi connectivity index (χ3n) is 10.8. The number of halogens is 2. The Labute approximate surface area is 457 Å². The molecule has 0 saturated carbocycles. The largest absolute Gasteiger partial charge is 2.00 e. The van der Waals surface area contributed by atoms with E-state index in [4.69, 9.17) is 32.7 Å². The van der Waals surface area contributed by atoms with Crippen LogP contribution in [0.3, 0.4) is 0 Å². The number of nitrogens with one attached hydrogen (secondary N) is 2. The molecule has 0 aliphatic rings. The van der Waals surface area contributed by atoms with Crippen LogP contribution in [-0.2, 0) is 20.2 Å². The van der Waals surface area contributed by atoms with Crippen LogP contribution < -0.4 is 25.2 Å². The molecule has 0 radical (unpaired) electrons. The van der Waals surface area contributed by atoms with E-state index in [0.29, 0.717) is 44.4 Å². The number of nitrogens with zero attached hydrogens (tertiary/aromatic N) is 4. The summed E-state index contributed by atoms with van der Waals surface area (Å²) in [6, 6.07) is 34.8. The van der Waals surface area contributed by atoms with Gasteiger partial charge in [-0.3, -0.25) is 14.1 Å². The summed E-state index contributed by atoms with van der Waals surface area (Å²) in [5.41, 5.74) is 0.824. The van der Waals surface area contributed by atoms with Gasteiger partial charge in [-0.2, -0.15) is 23.8 Å². The third kappa shape index (κ3) is 13.1. The van der Waals surface area contributed by atoms with Gasteiger partial charge < -0.3 is 34.9 Å². The molecule has 0 bridgehead atoms. The summed E-state index contributed by atoms with van der Waals surface area (Å²) in [7, 11) is -6.31. The van der Waals surface area contributed by atoms with Crippen LogP contribution in [-0.4, -0.2) is 94.8 Å². The van der Waals surface area contributed by atoms with Gasteiger partial charge in [0.15, 0.2) is 5.75 Å². The van der Waals surface area contributed by atoms with Crippen LogP contribution in [0, 0.1) is 13.8 Å². The number of benzene rings is 8. The number of amides is 2. The molecule has 18 nitrogen and oxygen atoms in total. The molecule has 0 aliphatic carbocycles. The standard InChI is InChI=1S/2C25H20ClN3O6S.Ca/c2*1-14-21(26)12-17(13-22(14)36(32,33)34)28-29-23-19-6-4-3-5-15(19)11-20(24(23)30)25(31)27-16-7-9-18(35-2)10-8-16;/h2*3-13,30H,1-2H3,(H,27,31)(H,32,33,34);/q;;+2/p-2. The maximum Gasteiger partial charge on any atom is 2.00 e. The molecule has 2 amide bonds. The van der Waals surface area contributed by atoms with Gasteiger partial charge in [0.05, 0.1) is 41.7 Å². The first-order valence-corrected chi connectivity index (χ1v) is 24.5. The quantitative estimate of drug-likeness (QED) is 0.0505. The average Bonchev–Trinajstić information content (AvgIpc) is 3.34. The molecule has 368 valence electrons. The number of phenolic OH excluding ortho intramolecular Hbond substituents is 1. The van der Waals surface area contributed by atoms with E-state index in [-0.39, 0.29) is 92.8 Å². The van der Waals surface area contributed by atoms with Crippen molar-refractivity contribution in [2.24, 2.45) is 20.5 Å². The van der Waals surface area contributed by atoms with Crippen molar-refractivity contribution in [3.8, 4) is 23.0 Å². The number of phenols is 1. The van der Waals surface area contributed by atoms with E-state index in [9.17, 15) is 45.7 Å². The van der Waals surface area contributed by atoms with Gasteiger partial charge in [-0.1, -0.05) is 77.5 Å². The molecule has 73 heavy (non-hydrogen) atoms. The van der Waals surface area contributed by atoms with Crippen LogP contribution in [0.2, 0.25) is 10.0 Å². The van der Waals surface area contributed by atoms with Crippen LogP contribution in [0.5, 0.6) is 23.0 Å². The summed E-state index contributed by atoms with van der Waals surface area (Å²) in [5.74, 6) is -1.10. The van der Waals surface area contributed by atoms with Crippen molar-refractivity contribution in [2.75, 3.05) is 24.9 Å². The summed E-state index contributed by atoms with van der Waals surface area (Å²) in [6.07, 6.45) is 0. The molecule has 0 fully saturated rings. The van der Waals surface area contributed by atoms with Crippen LogP contribution in [0.4, 0.5) is 34.1 Å². The van der Waals surface area contributed by atoms with E-state index in [0.717, 1.165) is 12.1 Å². The molecular formula is C50H38CaCl2N6O12S2. The van der Waals surface area contributed by atoms with Gasteiger partial charge in [-0.15, -0.1) is 5.11 Å². The van der Waals surface area contributed by atoms with Crippen molar-refractivity contribution in [2.45, 2.75) is 23.6 Å². The topological polar surface area (TPSA) is 281 Å². The Hall–Kier alpha value is -6.72. The maximum absolute atomic E-state index is 13.3. The van der Waals surface area contributed by atoms with Gasteiger partial charge in [0, 0.05) is 37.8 Å². The molecule has 0 aliphatic heterocycles. The molecule has 8 rings (SSSR count). The summed E-state index contributed by atoms with van der Waals surface area (Å²) in [4.78, 5) is 25.0. The zero-order valence-electron chi connectivity index (χ0n) is 38.7. The normalized spacial score (nSPS) is 11.5. The number of carbonyl (C=O) groups excluding carboxylic acids is 2. The fraction of sp³-hybridized carbons (Fsp3) is 0.0800. The Morgan fingerprint density at radius 1 is 0.589 bits per heavy atom. The molecule has 0 saturated heterocycles. The van der Waals surface area contributed by atoms with Crippen molar-refractivity contribution in [3.05, 3.63) is 166 Å². The second-order valence-electron chi connectivity index (χ2n) is 15.5. The van der Waals surface area contributed by atoms with Gasteiger partial charge in [-0.05, 0) is 121 Å². The van der Waals surface area contributed by atoms with E-state index >= 15 is 0 Å². The zero-order chi connectivity index (χ0) is 52.1. The minimum atomic E-state index is -4.82. The Morgan fingerprint density at radius 2 is 1.00 bits per heavy atom. The van der Waals surface area contributed by atoms with E-state index in [1.54, 1.807) is 97.1 Å². The number of aromatic hydroxyl groups is 1. The molecule has 0 atom stereocenters. The predicted octanol–water partition coefficient (Wildman–Crippen LogP) is 11.5. The monoisotopic (exact) mass is 1090 g/mol. The van der Waals surface area contributed by atoms with E-state index < -0.39 is 53.3 Å². The van der Waals surface area contributed by atoms with Gasteiger partial charge in [0.2, 0.25) is 0 Å². The molecule has 0 unspecified atom stereocenters. The van der Waals surface area contributed by atoms with Crippen molar-refractivity contribution in [1.29, 1.82) is 0 Å². The fourth-order valence-electron chi connectivity index (χ4n) is 7.05. The van der Waals surface area contributed by atoms with E-state index in [1.807, 2.05) is 0 Å². The van der Waals surface area contributed by atoms with Crippen molar-refractivity contribution in [3.63, 3.8) is 0 Å². The molecular weight excluding hydrogens is 1050 g/mol. The summed E-state index contributed by atoms with van der Waals surface area (Å²) < 4.78 is 77.8. The minimum Gasteiger partial charge on any atom is -0.870 e. The fourth-order valence-corrected chi connectivity index (χ4v) is 9.11. The predicted molar refractivity (Wildman–Crippen MR) is 275 cm³/mol. The number of hydrogen-bond acceptors (Lipinski definition) is 15. The van der Waals surface area contributed by atoms with Gasteiger partial charge in [0.25, 0.3) is 21.9 Å². The minimum absolute atomic E-state index is 0. The van der Waals surface area contributed by atoms with Crippen LogP contribution >= 0.6 is 23.2 Å². The zero-order valence-corrected chi connectivity index (χ0v) is 44.1. The molecule has 23 heteroatoms. The van der Waals surface area contributed by atoms with Gasteiger partial charge in [0.1, 0.15) is 32.2 Å². The Morgan fingerprint density at radius 3 is 1.47 bits per heavy atom. The summed E-state index contributed by atoms with van der Waals surface area (Å²) in [5, 5.41) is 48.0. The number of anilines is 2. The van der Waals surface area contributed by atoms with Crippen molar-refractivity contribution >= 4 is 149 Å². The summed E-state index contributed by atoms with van der Waals surface area (Å²) in [6.45, 7) is 2.83. The second-order valence-corrected chi connectivity index (χ2v) is 19.0. The third-order valence-corrected chi connectivity index (χ3v) is 13.5. The second kappa shape index (κ2) is 23.4. The van der Waals surface area contributed by atoms with Gasteiger partial charge >= 0.3 is 37.7 Å². The first-order valence-electron chi connectivity index (χ1n) is 20.9. The Kier molecular flexibility index (Phi) is 17.8. The van der Waals surface area contributed by atoms with E-state index in [2.05, 4.69) is 31.1 Å². The van der Waals surface area contributed by atoms with Crippen LogP contribution in [0.25, 0.3) is 21.5 Å². The first kappa shape index (κ1) is 55.6. The first-order chi connectivity index (χ1) is 34.2. The van der Waals surface area contributed by atoms with Gasteiger partial charge in [-0.25, -0.2) is 8.42 Å². The number of carbonyl (C=O) groups is 2. The van der Waals surface area contributed by atoms with Crippen LogP contribution in [0.1, 0.15) is 31.8 Å². The smallest absolute Gasteiger partial charge is 0.870 e. The summed E-state index contributed by atoms with van der Waals surface area (Å²) >= 11 is 12.2. The number of rotatable bonds is 12. The van der Waals surface area contributed by atoms with Crippen molar-refractivity contribution < 1.29 is 55.2 Å². The number of hydrogen-bond donors (Lipinski definition) is 4. The van der Waals surface area contributed by atoms with E-state index in [1.165, 1.54) is 52.3 Å².